The predicted molar refractivity (Wildman–Crippen MR) is 64.5 cm³/mol. The van der Waals surface area contributed by atoms with E-state index < -0.39 is 17.2 Å². The smallest absolute Gasteiger partial charge is 0.410 e. The highest BCUT2D eigenvalue weighted by Crippen LogP contribution is 2.57. The maximum absolute atomic E-state index is 13.4. The zero-order chi connectivity index (χ0) is 13.6. The molecule has 1 aliphatic carbocycles. The van der Waals surface area contributed by atoms with Crippen molar-refractivity contribution in [1.29, 1.82) is 0 Å². The van der Waals surface area contributed by atoms with E-state index in [1.54, 1.807) is 17.9 Å². The van der Waals surface area contributed by atoms with Gasteiger partial charge in [0.1, 0.15) is 0 Å². The molecule has 3 fully saturated rings. The summed E-state index contributed by atoms with van der Waals surface area (Å²) in [5.74, 6) is -1.29. The van der Waals surface area contributed by atoms with E-state index in [1.807, 2.05) is 0 Å². The van der Waals surface area contributed by atoms with Crippen LogP contribution in [0.3, 0.4) is 0 Å². The lowest BCUT2D eigenvalue weighted by molar-refractivity contribution is 0.0647. The minimum absolute atomic E-state index is 0.313. The summed E-state index contributed by atoms with van der Waals surface area (Å²) >= 11 is 0. The predicted octanol–water partition coefficient (Wildman–Crippen LogP) is 3.04. The average Bonchev–Trinajstić information content (AvgIpc) is 2.88. The summed E-state index contributed by atoms with van der Waals surface area (Å²) in [7, 11) is 0. The van der Waals surface area contributed by atoms with Gasteiger partial charge < -0.3 is 4.74 Å². The molecule has 0 N–H and O–H groups in total. The molecule has 2 heterocycles. The molecule has 0 spiro atoms. The number of carbonyl (C=O) groups is 1. The summed E-state index contributed by atoms with van der Waals surface area (Å²) in [6.45, 7) is 2.70. The highest BCUT2D eigenvalue weighted by Gasteiger charge is 2.59. The van der Waals surface area contributed by atoms with Gasteiger partial charge in [-0.3, -0.25) is 4.90 Å². The summed E-state index contributed by atoms with van der Waals surface area (Å²) in [5.41, 5.74) is 0.166. The molecular formula is C14H15F2NO2. The van der Waals surface area contributed by atoms with Crippen LogP contribution in [0.4, 0.5) is 13.6 Å². The molecule has 4 rings (SSSR count). The standard InChI is InChI=1S/C14H15F2NO2/c1-2-19-13(18)17-8-9-6-14(17,7-9)10-3-4-11(15)12(16)5-10/h3-5,9H,2,6-8H2,1H3. The van der Waals surface area contributed by atoms with E-state index in [-0.39, 0.29) is 6.09 Å². The van der Waals surface area contributed by atoms with Gasteiger partial charge >= 0.3 is 6.09 Å². The highest BCUT2D eigenvalue weighted by atomic mass is 19.2. The van der Waals surface area contributed by atoms with E-state index in [0.29, 0.717) is 24.6 Å². The van der Waals surface area contributed by atoms with Crippen molar-refractivity contribution < 1.29 is 18.3 Å². The largest absolute Gasteiger partial charge is 0.450 e. The first kappa shape index (κ1) is 12.4. The van der Waals surface area contributed by atoms with Crippen LogP contribution < -0.4 is 0 Å². The Labute approximate surface area is 110 Å². The van der Waals surface area contributed by atoms with Gasteiger partial charge in [-0.25, -0.2) is 13.6 Å². The molecule has 0 atom stereocenters. The van der Waals surface area contributed by atoms with Gasteiger partial charge in [0, 0.05) is 6.54 Å². The van der Waals surface area contributed by atoms with Gasteiger partial charge in [0.2, 0.25) is 0 Å². The van der Waals surface area contributed by atoms with Gasteiger partial charge in [-0.05, 0) is 43.4 Å². The Bertz CT molecular complexity index is 526. The zero-order valence-electron chi connectivity index (χ0n) is 10.7. The van der Waals surface area contributed by atoms with Crippen LogP contribution in [0.25, 0.3) is 0 Å². The number of carbonyl (C=O) groups excluding carboxylic acids is 1. The van der Waals surface area contributed by atoms with Crippen LogP contribution in [-0.2, 0) is 10.3 Å². The fraction of sp³-hybridized carbons (Fsp3) is 0.500. The number of hydrogen-bond acceptors (Lipinski definition) is 2. The van der Waals surface area contributed by atoms with Gasteiger partial charge in [0.05, 0.1) is 12.1 Å². The van der Waals surface area contributed by atoms with Crippen LogP contribution >= 0.6 is 0 Å². The maximum atomic E-state index is 13.4. The van der Waals surface area contributed by atoms with Gasteiger partial charge in [-0.15, -0.1) is 0 Å². The highest BCUT2D eigenvalue weighted by molar-refractivity contribution is 5.70. The normalized spacial score (nSPS) is 28.2. The third-order valence-electron chi connectivity index (χ3n) is 4.16. The number of rotatable bonds is 2. The molecule has 1 aromatic rings. The van der Waals surface area contributed by atoms with Gasteiger partial charge in [0.15, 0.2) is 11.6 Å². The minimum atomic E-state index is -0.869. The number of amides is 1. The molecule has 1 amide bonds. The third kappa shape index (κ3) is 1.71. The SMILES string of the molecule is CCOC(=O)N1CC2CC1(c1ccc(F)c(F)c1)C2. The van der Waals surface area contributed by atoms with Crippen molar-refractivity contribution in [2.75, 3.05) is 13.2 Å². The number of fused-ring (bicyclic) bond motifs is 1. The van der Waals surface area contributed by atoms with Gasteiger partial charge in [0.25, 0.3) is 0 Å². The first-order valence-electron chi connectivity index (χ1n) is 6.47. The van der Waals surface area contributed by atoms with Crippen LogP contribution in [0.1, 0.15) is 25.3 Å². The number of hydrogen-bond donors (Lipinski definition) is 0. The van der Waals surface area contributed by atoms with Gasteiger partial charge in [-0.2, -0.15) is 0 Å². The molecule has 19 heavy (non-hydrogen) atoms. The Kier molecular flexibility index (Phi) is 2.73. The van der Waals surface area contributed by atoms with E-state index in [0.717, 1.165) is 18.9 Å². The Morgan fingerprint density at radius 3 is 2.79 bits per heavy atom. The Morgan fingerprint density at radius 2 is 2.16 bits per heavy atom. The Hall–Kier alpha value is -1.65. The van der Waals surface area contributed by atoms with Gasteiger partial charge in [-0.1, -0.05) is 6.07 Å². The van der Waals surface area contributed by atoms with Crippen LogP contribution in [-0.4, -0.2) is 24.1 Å². The molecule has 0 radical (unpaired) electrons. The Morgan fingerprint density at radius 1 is 1.42 bits per heavy atom. The molecule has 2 saturated heterocycles. The Balaban J connectivity index is 1.93. The first-order chi connectivity index (χ1) is 9.06. The number of nitrogens with zero attached hydrogens (tertiary/aromatic N) is 1. The average molecular weight is 267 g/mol. The third-order valence-corrected chi connectivity index (χ3v) is 4.16. The van der Waals surface area contributed by atoms with Crippen molar-refractivity contribution in [2.45, 2.75) is 25.3 Å². The summed E-state index contributed by atoms with van der Waals surface area (Å²) < 4.78 is 31.4. The molecular weight excluding hydrogens is 252 g/mol. The lowest BCUT2D eigenvalue weighted by Crippen LogP contribution is -2.46. The zero-order valence-corrected chi connectivity index (χ0v) is 10.7. The van der Waals surface area contributed by atoms with Crippen LogP contribution in [0.15, 0.2) is 18.2 Å². The van der Waals surface area contributed by atoms with E-state index in [9.17, 15) is 13.6 Å². The van der Waals surface area contributed by atoms with Crippen molar-refractivity contribution in [3.8, 4) is 0 Å². The molecule has 3 aliphatic rings. The fourth-order valence-electron chi connectivity index (χ4n) is 3.31. The number of ether oxygens (including phenoxy) is 1. The molecule has 102 valence electrons. The second-order valence-corrected chi connectivity index (χ2v) is 5.24. The molecule has 1 aromatic carbocycles. The maximum Gasteiger partial charge on any atom is 0.410 e. The monoisotopic (exact) mass is 267 g/mol. The van der Waals surface area contributed by atoms with E-state index >= 15 is 0 Å². The fourth-order valence-corrected chi connectivity index (χ4v) is 3.31. The second-order valence-electron chi connectivity index (χ2n) is 5.24. The summed E-state index contributed by atoms with van der Waals surface area (Å²) in [6.07, 6.45) is 1.24. The van der Waals surface area contributed by atoms with Crippen molar-refractivity contribution in [3.05, 3.63) is 35.4 Å². The first-order valence-corrected chi connectivity index (χ1v) is 6.47. The molecule has 2 bridgehead atoms. The molecule has 0 unspecified atom stereocenters. The van der Waals surface area contributed by atoms with Crippen molar-refractivity contribution >= 4 is 6.09 Å². The summed E-state index contributed by atoms with van der Waals surface area (Å²) in [5, 5.41) is 0. The summed E-state index contributed by atoms with van der Waals surface area (Å²) in [6, 6.07) is 3.88. The van der Waals surface area contributed by atoms with E-state index in [4.69, 9.17) is 4.74 Å². The topological polar surface area (TPSA) is 29.5 Å². The van der Waals surface area contributed by atoms with E-state index in [2.05, 4.69) is 0 Å². The van der Waals surface area contributed by atoms with Crippen LogP contribution in [0.5, 0.6) is 0 Å². The quantitative estimate of drug-likeness (QED) is 0.824. The number of benzene rings is 1. The molecule has 5 heteroatoms. The van der Waals surface area contributed by atoms with E-state index in [1.165, 1.54) is 6.07 Å². The molecule has 2 aliphatic heterocycles. The lowest BCUT2D eigenvalue weighted by Gasteiger charge is -2.42. The molecule has 3 nitrogen and oxygen atoms in total. The van der Waals surface area contributed by atoms with Crippen molar-refractivity contribution in [1.82, 2.24) is 4.90 Å². The summed E-state index contributed by atoms with van der Waals surface area (Å²) in [4.78, 5) is 13.6. The minimum Gasteiger partial charge on any atom is -0.450 e. The van der Waals surface area contributed by atoms with Crippen molar-refractivity contribution in [2.24, 2.45) is 5.92 Å². The van der Waals surface area contributed by atoms with Crippen LogP contribution in [0.2, 0.25) is 0 Å². The molecule has 1 saturated carbocycles. The molecule has 0 aromatic heterocycles. The number of halogens is 2. The van der Waals surface area contributed by atoms with Crippen LogP contribution in [0, 0.1) is 17.6 Å². The second kappa shape index (κ2) is 4.18. The lowest BCUT2D eigenvalue weighted by atomic mass is 9.69. The van der Waals surface area contributed by atoms with Crippen molar-refractivity contribution in [3.63, 3.8) is 0 Å².